The van der Waals surface area contributed by atoms with E-state index in [1.54, 1.807) is 6.92 Å². The van der Waals surface area contributed by atoms with Gasteiger partial charge in [0.15, 0.2) is 5.12 Å². The second kappa shape index (κ2) is 5.39. The highest BCUT2D eigenvalue weighted by Gasteiger charge is 2.41. The SMILES string of the molecule is CC(=O)SC1CC(=O)N(CC2CC(=O)N(C3CC3)C2)C1. The summed E-state index contributed by atoms with van der Waals surface area (Å²) in [5, 5.41) is 0.164. The summed E-state index contributed by atoms with van der Waals surface area (Å²) < 4.78 is 0. The standard InChI is InChI=1S/C14H20N2O3S/c1-9(17)20-12-5-13(18)15(8-12)6-10-4-14(19)16(7-10)11-2-3-11/h10-12H,2-8H2,1H3. The van der Waals surface area contributed by atoms with Crippen molar-refractivity contribution in [3.8, 4) is 0 Å². The molecule has 20 heavy (non-hydrogen) atoms. The minimum atomic E-state index is 0.0700. The summed E-state index contributed by atoms with van der Waals surface area (Å²) in [5.74, 6) is 0.646. The van der Waals surface area contributed by atoms with Crippen LogP contribution in [0.5, 0.6) is 0 Å². The van der Waals surface area contributed by atoms with Gasteiger partial charge in [0.25, 0.3) is 0 Å². The third-order valence-corrected chi connectivity index (χ3v) is 5.20. The Morgan fingerprint density at radius 2 is 1.95 bits per heavy atom. The van der Waals surface area contributed by atoms with Crippen LogP contribution in [0.4, 0.5) is 0 Å². The molecule has 3 aliphatic rings. The van der Waals surface area contributed by atoms with E-state index in [1.165, 1.54) is 11.8 Å². The third-order valence-electron chi connectivity index (χ3n) is 4.22. The number of rotatable bonds is 4. The van der Waals surface area contributed by atoms with Gasteiger partial charge in [-0.15, -0.1) is 0 Å². The fourth-order valence-electron chi connectivity index (χ4n) is 3.21. The normalized spacial score (nSPS) is 30.4. The van der Waals surface area contributed by atoms with Crippen molar-refractivity contribution in [2.45, 2.75) is 43.9 Å². The molecule has 2 unspecified atom stereocenters. The van der Waals surface area contributed by atoms with Crippen LogP contribution < -0.4 is 0 Å². The number of likely N-dealkylation sites (tertiary alicyclic amines) is 2. The molecule has 6 heteroatoms. The predicted octanol–water partition coefficient (Wildman–Crippen LogP) is 0.878. The molecule has 0 aromatic carbocycles. The molecule has 2 aliphatic heterocycles. The summed E-state index contributed by atoms with van der Waals surface area (Å²) in [5.41, 5.74) is 0. The minimum absolute atomic E-state index is 0.0700. The Bertz CT molecular complexity index is 450. The summed E-state index contributed by atoms with van der Waals surface area (Å²) in [6, 6.07) is 0.475. The van der Waals surface area contributed by atoms with Crippen molar-refractivity contribution in [3.05, 3.63) is 0 Å². The van der Waals surface area contributed by atoms with Gasteiger partial charge in [-0.1, -0.05) is 11.8 Å². The number of carbonyl (C=O) groups is 3. The van der Waals surface area contributed by atoms with Crippen molar-refractivity contribution in [1.82, 2.24) is 9.80 Å². The van der Waals surface area contributed by atoms with Gasteiger partial charge < -0.3 is 9.80 Å². The van der Waals surface area contributed by atoms with Gasteiger partial charge in [0.2, 0.25) is 11.8 Å². The summed E-state index contributed by atoms with van der Waals surface area (Å²) in [6.07, 6.45) is 3.30. The van der Waals surface area contributed by atoms with E-state index in [0.717, 1.165) is 19.4 Å². The van der Waals surface area contributed by atoms with E-state index >= 15 is 0 Å². The van der Waals surface area contributed by atoms with Crippen LogP contribution in [0.15, 0.2) is 0 Å². The topological polar surface area (TPSA) is 57.7 Å². The molecule has 1 saturated carbocycles. The molecule has 2 heterocycles. The summed E-state index contributed by atoms with van der Waals surface area (Å²) in [6.45, 7) is 3.67. The van der Waals surface area contributed by atoms with Crippen molar-refractivity contribution >= 4 is 28.7 Å². The molecule has 0 radical (unpaired) electrons. The van der Waals surface area contributed by atoms with Gasteiger partial charge in [-0.25, -0.2) is 0 Å². The first kappa shape index (κ1) is 13.9. The Morgan fingerprint density at radius 3 is 2.60 bits per heavy atom. The van der Waals surface area contributed by atoms with Gasteiger partial charge in [-0.05, 0) is 12.8 Å². The zero-order valence-electron chi connectivity index (χ0n) is 11.7. The molecular weight excluding hydrogens is 276 g/mol. The van der Waals surface area contributed by atoms with Crippen LogP contribution in [0.2, 0.25) is 0 Å². The average Bonchev–Trinajstić information content (AvgIpc) is 3.05. The van der Waals surface area contributed by atoms with Crippen molar-refractivity contribution in [2.24, 2.45) is 5.92 Å². The number of nitrogens with zero attached hydrogens (tertiary/aromatic N) is 2. The maximum Gasteiger partial charge on any atom is 0.223 e. The first-order chi connectivity index (χ1) is 9.52. The second-order valence-corrected chi connectivity index (χ2v) is 7.56. The third kappa shape index (κ3) is 3.00. The van der Waals surface area contributed by atoms with Gasteiger partial charge in [0.1, 0.15) is 0 Å². The van der Waals surface area contributed by atoms with Gasteiger partial charge >= 0.3 is 0 Å². The summed E-state index contributed by atoms with van der Waals surface area (Å²) in [4.78, 5) is 38.8. The van der Waals surface area contributed by atoms with Crippen molar-refractivity contribution < 1.29 is 14.4 Å². The van der Waals surface area contributed by atoms with Crippen LogP contribution in [-0.2, 0) is 14.4 Å². The van der Waals surface area contributed by atoms with Crippen LogP contribution in [-0.4, -0.2) is 57.7 Å². The van der Waals surface area contributed by atoms with E-state index in [-0.39, 0.29) is 28.1 Å². The van der Waals surface area contributed by atoms with Gasteiger partial charge in [-0.2, -0.15) is 0 Å². The highest BCUT2D eigenvalue weighted by atomic mass is 32.2. The quantitative estimate of drug-likeness (QED) is 0.773. The van der Waals surface area contributed by atoms with Crippen LogP contribution in [0.1, 0.15) is 32.6 Å². The Kier molecular flexibility index (Phi) is 3.75. The molecule has 1 aliphatic carbocycles. The lowest BCUT2D eigenvalue weighted by atomic mass is 10.1. The number of thioether (sulfide) groups is 1. The number of hydrogen-bond acceptors (Lipinski definition) is 4. The number of amides is 2. The summed E-state index contributed by atoms with van der Waals surface area (Å²) >= 11 is 1.26. The first-order valence-corrected chi connectivity index (χ1v) is 8.15. The monoisotopic (exact) mass is 296 g/mol. The molecule has 110 valence electrons. The van der Waals surface area contributed by atoms with Crippen LogP contribution in [0.3, 0.4) is 0 Å². The fraction of sp³-hybridized carbons (Fsp3) is 0.786. The van der Waals surface area contributed by atoms with Gasteiger partial charge in [0.05, 0.1) is 0 Å². The van der Waals surface area contributed by atoms with Gasteiger partial charge in [0, 0.05) is 56.6 Å². The van der Waals surface area contributed by atoms with E-state index in [1.807, 2.05) is 9.80 Å². The van der Waals surface area contributed by atoms with Crippen molar-refractivity contribution in [1.29, 1.82) is 0 Å². The Hall–Kier alpha value is -1.04. The largest absolute Gasteiger partial charge is 0.341 e. The van der Waals surface area contributed by atoms with E-state index in [2.05, 4.69) is 0 Å². The highest BCUT2D eigenvalue weighted by molar-refractivity contribution is 8.14. The van der Waals surface area contributed by atoms with E-state index in [0.29, 0.717) is 32.0 Å². The molecule has 0 bridgehead atoms. The Morgan fingerprint density at radius 1 is 1.20 bits per heavy atom. The van der Waals surface area contributed by atoms with Crippen LogP contribution in [0.25, 0.3) is 0 Å². The average molecular weight is 296 g/mol. The Balaban J connectivity index is 1.52. The molecular formula is C14H20N2O3S. The molecule has 0 N–H and O–H groups in total. The van der Waals surface area contributed by atoms with Crippen molar-refractivity contribution in [3.63, 3.8) is 0 Å². The minimum Gasteiger partial charge on any atom is -0.341 e. The van der Waals surface area contributed by atoms with Crippen molar-refractivity contribution in [2.75, 3.05) is 19.6 Å². The molecule has 2 saturated heterocycles. The zero-order chi connectivity index (χ0) is 14.3. The lowest BCUT2D eigenvalue weighted by molar-refractivity contribution is -0.129. The van der Waals surface area contributed by atoms with E-state index in [9.17, 15) is 14.4 Å². The first-order valence-electron chi connectivity index (χ1n) is 7.27. The second-order valence-electron chi connectivity index (χ2n) is 6.08. The predicted molar refractivity (Wildman–Crippen MR) is 76.1 cm³/mol. The Labute approximate surface area is 123 Å². The maximum absolute atomic E-state index is 12.0. The fourth-order valence-corrected chi connectivity index (χ4v) is 4.16. The van der Waals surface area contributed by atoms with E-state index in [4.69, 9.17) is 0 Å². The van der Waals surface area contributed by atoms with Crippen LogP contribution in [0, 0.1) is 5.92 Å². The lowest BCUT2D eigenvalue weighted by Crippen LogP contribution is -2.33. The number of hydrogen-bond donors (Lipinski definition) is 0. The molecule has 0 aromatic heterocycles. The van der Waals surface area contributed by atoms with E-state index < -0.39 is 0 Å². The summed E-state index contributed by atoms with van der Waals surface area (Å²) in [7, 11) is 0. The molecule has 2 atom stereocenters. The molecule has 3 fully saturated rings. The highest BCUT2D eigenvalue weighted by Crippen LogP contribution is 2.33. The molecule has 0 spiro atoms. The zero-order valence-corrected chi connectivity index (χ0v) is 12.5. The van der Waals surface area contributed by atoms with Crippen LogP contribution >= 0.6 is 11.8 Å². The molecule has 2 amide bonds. The van der Waals surface area contributed by atoms with Gasteiger partial charge in [-0.3, -0.25) is 14.4 Å². The molecule has 0 aromatic rings. The smallest absolute Gasteiger partial charge is 0.223 e. The number of carbonyl (C=O) groups excluding carboxylic acids is 3. The molecule has 3 rings (SSSR count). The molecule has 5 nitrogen and oxygen atoms in total. The lowest BCUT2D eigenvalue weighted by Gasteiger charge is -2.21. The maximum atomic E-state index is 12.0.